The molecule has 2 atom stereocenters. The number of nitrogens with zero attached hydrogens (tertiary/aromatic N) is 3. The van der Waals surface area contributed by atoms with Gasteiger partial charge in [-0.2, -0.15) is 13.2 Å². The molecule has 0 aliphatic heterocycles. The first kappa shape index (κ1) is 36.2. The highest BCUT2D eigenvalue weighted by Gasteiger charge is 2.31. The Morgan fingerprint density at radius 2 is 1.52 bits per heavy atom. The van der Waals surface area contributed by atoms with Gasteiger partial charge in [0, 0.05) is 55.0 Å². The van der Waals surface area contributed by atoms with Crippen LogP contribution in [-0.2, 0) is 19.1 Å². The number of aliphatic hydroxyl groups excluding tert-OH is 1. The van der Waals surface area contributed by atoms with Crippen molar-refractivity contribution in [2.75, 3.05) is 19.6 Å². The maximum Gasteiger partial charge on any atom is 0.416 e. The number of rotatable bonds is 14. The molecule has 2 amide bonds. The summed E-state index contributed by atoms with van der Waals surface area (Å²) >= 11 is 0. The van der Waals surface area contributed by atoms with Crippen LogP contribution in [0.2, 0.25) is 0 Å². The fourth-order valence-electron chi connectivity index (χ4n) is 5.37. The highest BCUT2D eigenvalue weighted by atomic mass is 19.4. The van der Waals surface area contributed by atoms with Crippen LogP contribution in [0.4, 0.5) is 22.0 Å². The van der Waals surface area contributed by atoms with Crippen LogP contribution in [-0.4, -0.2) is 63.5 Å². The highest BCUT2D eigenvalue weighted by Crippen LogP contribution is 2.30. The molecule has 3 N–H and O–H groups in total. The third-order valence-corrected chi connectivity index (χ3v) is 7.59. The molecule has 3 aromatic carbocycles. The molecule has 256 valence electrons. The van der Waals surface area contributed by atoms with Gasteiger partial charge in [0.25, 0.3) is 11.8 Å². The minimum Gasteiger partial charge on any atom is -0.445 e. The number of nitrogens with two attached hydrogens (primary N) is 1. The Bertz CT molecular complexity index is 1670. The lowest BCUT2D eigenvalue weighted by molar-refractivity contribution is -0.137. The number of hydrogen-bond donors (Lipinski definition) is 2. The Hall–Kier alpha value is -4.62. The molecule has 0 unspecified atom stereocenters. The number of amides is 2. The number of oxazole rings is 1. The number of hydrogen-bond acceptors (Lipinski definition) is 6. The van der Waals surface area contributed by atoms with Gasteiger partial charge in [0.05, 0.1) is 17.9 Å². The van der Waals surface area contributed by atoms with Gasteiger partial charge < -0.3 is 25.1 Å². The summed E-state index contributed by atoms with van der Waals surface area (Å²) in [6.07, 6.45) is -2.15. The van der Waals surface area contributed by atoms with Gasteiger partial charge in [-0.05, 0) is 72.9 Å². The molecule has 0 aliphatic rings. The monoisotopic (exact) mass is 672 g/mol. The van der Waals surface area contributed by atoms with Crippen molar-refractivity contribution < 1.29 is 41.1 Å². The molecule has 0 bridgehead atoms. The third kappa shape index (κ3) is 9.48. The van der Waals surface area contributed by atoms with E-state index in [1.54, 1.807) is 11.0 Å². The van der Waals surface area contributed by atoms with Crippen molar-refractivity contribution in [2.45, 2.75) is 58.0 Å². The summed E-state index contributed by atoms with van der Waals surface area (Å²) in [7, 11) is 0. The molecule has 1 heterocycles. The zero-order valence-corrected chi connectivity index (χ0v) is 26.5. The van der Waals surface area contributed by atoms with E-state index in [0.717, 1.165) is 29.2 Å². The van der Waals surface area contributed by atoms with Crippen LogP contribution in [0.25, 0.3) is 11.5 Å². The second-order valence-electron chi connectivity index (χ2n) is 11.5. The molecule has 0 aliphatic carbocycles. The van der Waals surface area contributed by atoms with Gasteiger partial charge in [-0.25, -0.2) is 13.8 Å². The second-order valence-corrected chi connectivity index (χ2v) is 11.5. The summed E-state index contributed by atoms with van der Waals surface area (Å²) in [5.74, 6) is -2.60. The van der Waals surface area contributed by atoms with Gasteiger partial charge >= 0.3 is 6.18 Å². The summed E-state index contributed by atoms with van der Waals surface area (Å²) in [4.78, 5) is 34.8. The lowest BCUT2D eigenvalue weighted by Crippen LogP contribution is -2.46. The van der Waals surface area contributed by atoms with E-state index in [1.165, 1.54) is 36.7 Å². The normalized spacial score (nSPS) is 12.9. The molecule has 4 aromatic rings. The van der Waals surface area contributed by atoms with Gasteiger partial charge in [-0.1, -0.05) is 26.0 Å². The number of alkyl halides is 3. The number of aromatic nitrogens is 1. The summed E-state index contributed by atoms with van der Waals surface area (Å²) in [5.41, 5.74) is 6.02. The minimum absolute atomic E-state index is 0.0121. The lowest BCUT2D eigenvalue weighted by Gasteiger charge is -2.29. The molecular weight excluding hydrogens is 635 g/mol. The minimum atomic E-state index is -4.64. The number of benzene rings is 3. The number of aliphatic hydroxyl groups is 1. The Labute approximate surface area is 275 Å². The number of carbonyl (C=O) groups excluding carboxylic acids is 2. The van der Waals surface area contributed by atoms with Crippen molar-refractivity contribution in [3.63, 3.8) is 0 Å². The van der Waals surface area contributed by atoms with E-state index in [1.807, 2.05) is 13.8 Å². The van der Waals surface area contributed by atoms with Crippen molar-refractivity contribution in [3.05, 3.63) is 113 Å². The van der Waals surface area contributed by atoms with Gasteiger partial charge in [0.2, 0.25) is 5.89 Å². The van der Waals surface area contributed by atoms with E-state index in [0.29, 0.717) is 37.6 Å². The average Bonchev–Trinajstić information content (AvgIpc) is 3.58. The van der Waals surface area contributed by atoms with Gasteiger partial charge in [0.15, 0.2) is 0 Å². The van der Waals surface area contributed by atoms with E-state index in [9.17, 15) is 36.6 Å². The van der Waals surface area contributed by atoms with Crippen molar-refractivity contribution in [2.24, 2.45) is 5.73 Å². The van der Waals surface area contributed by atoms with Crippen LogP contribution in [0.15, 0.2) is 77.5 Å². The SMILES string of the molecule is CCCN(CCC)C(=O)c1cc(C(=O)N(Cc2cccc(C(F)(F)F)c2)C[C@@H](O)[C@@H](N)Cc2cc(F)cc(F)c2)cc(-c2ncco2)c1. The summed E-state index contributed by atoms with van der Waals surface area (Å²) in [5, 5.41) is 11.1. The van der Waals surface area contributed by atoms with E-state index in [2.05, 4.69) is 4.98 Å². The smallest absolute Gasteiger partial charge is 0.416 e. The van der Waals surface area contributed by atoms with Gasteiger partial charge in [-0.3, -0.25) is 9.59 Å². The predicted molar refractivity (Wildman–Crippen MR) is 169 cm³/mol. The predicted octanol–water partition coefficient (Wildman–Crippen LogP) is 6.47. The van der Waals surface area contributed by atoms with Crippen LogP contribution in [0.5, 0.6) is 0 Å². The molecule has 4 rings (SSSR count). The van der Waals surface area contributed by atoms with Crippen molar-refractivity contribution in [3.8, 4) is 11.5 Å². The fourth-order valence-corrected chi connectivity index (χ4v) is 5.37. The highest BCUT2D eigenvalue weighted by molar-refractivity contribution is 6.01. The van der Waals surface area contributed by atoms with E-state index >= 15 is 0 Å². The summed E-state index contributed by atoms with van der Waals surface area (Å²) < 4.78 is 73.6. The molecule has 0 saturated carbocycles. The Kier molecular flexibility index (Phi) is 12.1. The molecule has 0 spiro atoms. The standard InChI is InChI=1S/C35H37F5N4O4/c1-3-9-43(10-4-2)33(46)25-16-24(32-42-8-11-48-32)17-26(18-25)34(47)44(20-22-6-5-7-27(12-22)35(38,39)40)21-31(45)30(41)15-23-13-28(36)19-29(37)14-23/h5-8,11-14,16-19,30-31,45H,3-4,9-10,15,20-21,41H2,1-2H3/t30-,31+/m0/s1. The molecule has 0 fully saturated rings. The topological polar surface area (TPSA) is 113 Å². The maximum absolute atomic E-state index is 14.2. The fraction of sp³-hybridized carbons (Fsp3) is 0.343. The van der Waals surface area contributed by atoms with Crippen LogP contribution in [0, 0.1) is 11.6 Å². The van der Waals surface area contributed by atoms with E-state index < -0.39 is 48.0 Å². The Balaban J connectivity index is 1.73. The van der Waals surface area contributed by atoms with Crippen LogP contribution in [0.3, 0.4) is 0 Å². The number of halogens is 5. The molecule has 1 aromatic heterocycles. The molecule has 0 saturated heterocycles. The lowest BCUT2D eigenvalue weighted by atomic mass is 10.00. The largest absolute Gasteiger partial charge is 0.445 e. The maximum atomic E-state index is 14.2. The van der Waals surface area contributed by atoms with Crippen LogP contribution in [0.1, 0.15) is 64.1 Å². The zero-order chi connectivity index (χ0) is 35.0. The Morgan fingerprint density at radius 3 is 2.08 bits per heavy atom. The number of carbonyl (C=O) groups is 2. The van der Waals surface area contributed by atoms with E-state index in [4.69, 9.17) is 10.2 Å². The molecule has 0 radical (unpaired) electrons. The van der Waals surface area contributed by atoms with Crippen LogP contribution >= 0.6 is 0 Å². The van der Waals surface area contributed by atoms with Crippen LogP contribution < -0.4 is 5.73 Å². The van der Waals surface area contributed by atoms with Gasteiger partial charge in [-0.15, -0.1) is 0 Å². The first-order valence-electron chi connectivity index (χ1n) is 15.5. The summed E-state index contributed by atoms with van der Waals surface area (Å²) in [6.45, 7) is 3.98. The first-order chi connectivity index (χ1) is 22.8. The first-order valence-corrected chi connectivity index (χ1v) is 15.5. The molecular formula is C35H37F5N4O4. The third-order valence-electron chi connectivity index (χ3n) is 7.59. The van der Waals surface area contributed by atoms with Crippen molar-refractivity contribution >= 4 is 11.8 Å². The van der Waals surface area contributed by atoms with Crippen molar-refractivity contribution in [1.29, 1.82) is 0 Å². The molecule has 48 heavy (non-hydrogen) atoms. The molecule has 8 nitrogen and oxygen atoms in total. The zero-order valence-electron chi connectivity index (χ0n) is 26.5. The van der Waals surface area contributed by atoms with E-state index in [-0.39, 0.29) is 47.0 Å². The van der Waals surface area contributed by atoms with Crippen molar-refractivity contribution in [1.82, 2.24) is 14.8 Å². The average molecular weight is 673 g/mol. The van der Waals surface area contributed by atoms with Gasteiger partial charge in [0.1, 0.15) is 17.9 Å². The second kappa shape index (κ2) is 16.0. The molecule has 13 heteroatoms. The Morgan fingerprint density at radius 1 is 0.896 bits per heavy atom. The quantitative estimate of drug-likeness (QED) is 0.149. The summed E-state index contributed by atoms with van der Waals surface area (Å²) in [6, 6.07) is 10.5.